The molecule has 1 aliphatic rings. The average molecular weight is 550 g/mol. The molecule has 0 bridgehead atoms. The molecular formula is C32H43NO3SSi. The SMILES string of the molecule is CC(C)(C)[S@@](=O)N[C@@H](Cc1ccccc1)[Si](CCCOC1CCCCO1)(c1ccccc1)c1ccccc1. The largest absolute Gasteiger partial charge is 0.353 e. The smallest absolute Gasteiger partial charge is 0.157 e. The van der Waals surface area contributed by atoms with Crippen LogP contribution >= 0.6 is 0 Å². The minimum Gasteiger partial charge on any atom is -0.353 e. The van der Waals surface area contributed by atoms with Crippen molar-refractivity contribution in [3.8, 4) is 0 Å². The lowest BCUT2D eigenvalue weighted by atomic mass is 10.1. The maximum atomic E-state index is 13.7. The fourth-order valence-corrected chi connectivity index (χ4v) is 12.1. The Morgan fingerprint density at radius 3 is 2.03 bits per heavy atom. The molecule has 1 aliphatic heterocycles. The lowest BCUT2D eigenvalue weighted by Crippen LogP contribution is -2.71. The molecule has 3 aromatic rings. The fourth-order valence-electron chi connectivity index (χ4n) is 5.38. The third kappa shape index (κ3) is 7.51. The Hall–Kier alpha value is -2.09. The minimum absolute atomic E-state index is 0.0284. The normalized spacial score (nSPS) is 18.1. The Labute approximate surface area is 232 Å². The minimum atomic E-state index is -2.51. The molecule has 4 nitrogen and oxygen atoms in total. The summed E-state index contributed by atoms with van der Waals surface area (Å²) in [6, 6.07) is 33.5. The van der Waals surface area contributed by atoms with Crippen LogP contribution in [0.3, 0.4) is 0 Å². The predicted octanol–water partition coefficient (Wildman–Crippen LogP) is 5.39. The van der Waals surface area contributed by atoms with E-state index in [-0.39, 0.29) is 16.7 Å². The number of rotatable bonds is 12. The molecule has 1 heterocycles. The van der Waals surface area contributed by atoms with Crippen LogP contribution in [-0.4, -0.2) is 42.2 Å². The van der Waals surface area contributed by atoms with Crippen LogP contribution < -0.4 is 15.1 Å². The molecule has 0 saturated carbocycles. The molecule has 0 aromatic heterocycles. The van der Waals surface area contributed by atoms with Gasteiger partial charge in [-0.25, -0.2) is 8.93 Å². The van der Waals surface area contributed by atoms with Crippen LogP contribution in [0, 0.1) is 0 Å². The second-order valence-corrected chi connectivity index (χ2v) is 17.5. The fraction of sp³-hybridized carbons (Fsp3) is 0.438. The average Bonchev–Trinajstić information content (AvgIpc) is 2.94. The highest BCUT2D eigenvalue weighted by atomic mass is 32.2. The first-order chi connectivity index (χ1) is 18.4. The monoisotopic (exact) mass is 549 g/mol. The van der Waals surface area contributed by atoms with Gasteiger partial charge in [-0.1, -0.05) is 101 Å². The highest BCUT2D eigenvalue weighted by molar-refractivity contribution is 7.84. The van der Waals surface area contributed by atoms with Crippen molar-refractivity contribution in [2.24, 2.45) is 0 Å². The van der Waals surface area contributed by atoms with E-state index < -0.39 is 19.1 Å². The van der Waals surface area contributed by atoms with Gasteiger partial charge in [-0.2, -0.15) is 0 Å². The summed E-state index contributed by atoms with van der Waals surface area (Å²) in [5.74, 6) is 0. The van der Waals surface area contributed by atoms with E-state index in [4.69, 9.17) is 9.47 Å². The van der Waals surface area contributed by atoms with Gasteiger partial charge < -0.3 is 9.47 Å². The molecule has 3 aromatic carbocycles. The van der Waals surface area contributed by atoms with Crippen LogP contribution in [0.15, 0.2) is 91.0 Å². The zero-order valence-electron chi connectivity index (χ0n) is 23.1. The maximum absolute atomic E-state index is 13.7. The molecule has 38 heavy (non-hydrogen) atoms. The maximum Gasteiger partial charge on any atom is 0.157 e. The van der Waals surface area contributed by atoms with Gasteiger partial charge in [-0.3, -0.25) is 0 Å². The lowest BCUT2D eigenvalue weighted by Gasteiger charge is -2.42. The van der Waals surface area contributed by atoms with Crippen molar-refractivity contribution >= 4 is 29.4 Å². The molecular weight excluding hydrogens is 507 g/mol. The summed E-state index contributed by atoms with van der Waals surface area (Å²) in [7, 11) is -3.73. The third-order valence-corrected chi connectivity index (χ3v) is 14.6. The van der Waals surface area contributed by atoms with Crippen LogP contribution in [0.4, 0.5) is 0 Å². The van der Waals surface area contributed by atoms with Crippen molar-refractivity contribution in [2.45, 2.75) is 75.6 Å². The summed E-state index contributed by atoms with van der Waals surface area (Å²) in [6.45, 7) is 7.59. The van der Waals surface area contributed by atoms with Crippen LogP contribution in [-0.2, 0) is 26.9 Å². The predicted molar refractivity (Wildman–Crippen MR) is 162 cm³/mol. The molecule has 0 spiro atoms. The van der Waals surface area contributed by atoms with Crippen molar-refractivity contribution in [3.05, 3.63) is 96.6 Å². The summed E-state index contributed by atoms with van der Waals surface area (Å²) < 4.78 is 29.1. The summed E-state index contributed by atoms with van der Waals surface area (Å²) in [5, 5.41) is 2.72. The van der Waals surface area contributed by atoms with Crippen LogP contribution in [0.1, 0.15) is 52.0 Å². The van der Waals surface area contributed by atoms with E-state index in [2.05, 4.69) is 95.7 Å². The molecule has 0 radical (unpaired) electrons. The summed E-state index contributed by atoms with van der Waals surface area (Å²) in [6.07, 6.45) is 4.91. The number of nitrogens with one attached hydrogen (secondary N) is 1. The second-order valence-electron chi connectivity index (χ2n) is 11.2. The third-order valence-electron chi connectivity index (χ3n) is 7.42. The Kier molecular flexibility index (Phi) is 10.5. The molecule has 0 aliphatic carbocycles. The van der Waals surface area contributed by atoms with Gasteiger partial charge in [0.15, 0.2) is 6.29 Å². The van der Waals surface area contributed by atoms with E-state index >= 15 is 0 Å². The van der Waals surface area contributed by atoms with Gasteiger partial charge >= 0.3 is 0 Å². The lowest BCUT2D eigenvalue weighted by molar-refractivity contribution is -0.162. The number of hydrogen-bond acceptors (Lipinski definition) is 3. The van der Waals surface area contributed by atoms with Crippen molar-refractivity contribution < 1.29 is 13.7 Å². The van der Waals surface area contributed by atoms with Crippen molar-refractivity contribution in [2.75, 3.05) is 13.2 Å². The first-order valence-corrected chi connectivity index (χ1v) is 17.4. The van der Waals surface area contributed by atoms with E-state index in [1.54, 1.807) is 0 Å². The Bertz CT molecular complexity index is 1080. The van der Waals surface area contributed by atoms with E-state index in [9.17, 15) is 4.21 Å². The number of ether oxygens (including phenoxy) is 2. The van der Waals surface area contributed by atoms with E-state index in [1.807, 2.05) is 20.8 Å². The van der Waals surface area contributed by atoms with E-state index in [0.717, 1.165) is 38.3 Å². The van der Waals surface area contributed by atoms with Gasteiger partial charge in [-0.15, -0.1) is 0 Å². The molecule has 4 rings (SSSR count). The standard InChI is InChI=1S/C32H43NO3SSi/c1-32(2,3)37(34)33-30(26-27-16-7-4-8-17-27)38(28-18-9-5-10-19-28,29-20-11-6-12-21-29)25-15-24-36-31-22-13-14-23-35-31/h4-12,16-21,30-31,33H,13-15,22-26H2,1-3H3/t30-,31?,37-/m1/s1. The van der Waals surface area contributed by atoms with Gasteiger partial charge in [-0.05, 0) is 64.5 Å². The zero-order chi connectivity index (χ0) is 26.8. The summed E-state index contributed by atoms with van der Waals surface area (Å²) >= 11 is 0. The first-order valence-electron chi connectivity index (χ1n) is 14.0. The zero-order valence-corrected chi connectivity index (χ0v) is 24.9. The van der Waals surface area contributed by atoms with Crippen LogP contribution in [0.25, 0.3) is 0 Å². The van der Waals surface area contributed by atoms with Crippen molar-refractivity contribution in [3.63, 3.8) is 0 Å². The van der Waals surface area contributed by atoms with E-state index in [1.165, 1.54) is 22.4 Å². The molecule has 204 valence electrons. The Morgan fingerprint density at radius 1 is 0.921 bits per heavy atom. The van der Waals surface area contributed by atoms with Crippen molar-refractivity contribution in [1.82, 2.24) is 4.72 Å². The summed E-state index contributed by atoms with van der Waals surface area (Å²) in [5.41, 5.74) is 1.28. The highest BCUT2D eigenvalue weighted by Crippen LogP contribution is 2.24. The number of benzene rings is 3. The van der Waals surface area contributed by atoms with Gasteiger partial charge in [0.25, 0.3) is 0 Å². The topological polar surface area (TPSA) is 47.6 Å². The van der Waals surface area contributed by atoms with Crippen molar-refractivity contribution in [1.29, 1.82) is 0 Å². The molecule has 1 fully saturated rings. The Balaban J connectivity index is 1.75. The molecule has 1 saturated heterocycles. The highest BCUT2D eigenvalue weighted by Gasteiger charge is 2.45. The van der Waals surface area contributed by atoms with Gasteiger partial charge in [0, 0.05) is 18.9 Å². The molecule has 0 amide bonds. The molecule has 6 heteroatoms. The van der Waals surface area contributed by atoms with Gasteiger partial charge in [0.2, 0.25) is 0 Å². The first kappa shape index (κ1) is 28.9. The molecule has 1 N–H and O–H groups in total. The second kappa shape index (κ2) is 13.8. The summed E-state index contributed by atoms with van der Waals surface area (Å²) in [4.78, 5) is 0. The van der Waals surface area contributed by atoms with Crippen LogP contribution in [0.5, 0.6) is 0 Å². The number of hydrogen-bond donors (Lipinski definition) is 1. The molecule has 3 atom stereocenters. The quantitative estimate of drug-likeness (QED) is 0.244. The van der Waals surface area contributed by atoms with E-state index in [0.29, 0.717) is 6.61 Å². The van der Waals surface area contributed by atoms with Gasteiger partial charge in [0.1, 0.15) is 8.07 Å². The van der Waals surface area contributed by atoms with Gasteiger partial charge in [0.05, 0.1) is 15.7 Å². The van der Waals surface area contributed by atoms with Crippen LogP contribution in [0.2, 0.25) is 6.04 Å². The Morgan fingerprint density at radius 2 is 1.50 bits per heavy atom. The molecule has 1 unspecified atom stereocenters.